The molecule has 78 valence electrons. The maximum atomic E-state index is 9.48. The summed E-state index contributed by atoms with van der Waals surface area (Å²) in [6.07, 6.45) is 3.41. The molecule has 0 bridgehead atoms. The minimum absolute atomic E-state index is 0.127. The molecule has 0 aliphatic rings. The molecule has 4 nitrogen and oxygen atoms in total. The predicted molar refractivity (Wildman–Crippen MR) is 56.1 cm³/mol. The molecule has 0 unspecified atom stereocenters. The highest BCUT2D eigenvalue weighted by atomic mass is 16.5. The van der Waals surface area contributed by atoms with Crippen molar-refractivity contribution in [2.24, 2.45) is 0 Å². The van der Waals surface area contributed by atoms with Crippen LogP contribution in [0.5, 0.6) is 17.2 Å². The zero-order valence-electron chi connectivity index (χ0n) is 8.42. The normalized spacial score (nSPS) is 10.2. The number of aromatic hydroxyl groups is 1. The molecule has 15 heavy (non-hydrogen) atoms. The highest BCUT2D eigenvalue weighted by molar-refractivity contribution is 5.40. The third-order valence-electron chi connectivity index (χ3n) is 2.03. The number of aryl methyl sites for hydroxylation is 1. The Morgan fingerprint density at radius 3 is 2.87 bits per heavy atom. The molecule has 4 heteroatoms. The van der Waals surface area contributed by atoms with Gasteiger partial charge in [-0.3, -0.25) is 4.68 Å². The summed E-state index contributed by atoms with van der Waals surface area (Å²) < 4.78 is 7.22. The van der Waals surface area contributed by atoms with Crippen LogP contribution in [0.15, 0.2) is 36.7 Å². The minimum Gasteiger partial charge on any atom is -0.504 e. The monoisotopic (exact) mass is 204 g/mol. The molecule has 0 aliphatic carbocycles. The Hall–Kier alpha value is -1.97. The second-order valence-corrected chi connectivity index (χ2v) is 3.10. The fourth-order valence-electron chi connectivity index (χ4n) is 1.24. The van der Waals surface area contributed by atoms with Crippen LogP contribution in [-0.4, -0.2) is 14.9 Å². The van der Waals surface area contributed by atoms with Gasteiger partial charge in [-0.15, -0.1) is 0 Å². The first-order valence-corrected chi connectivity index (χ1v) is 4.78. The van der Waals surface area contributed by atoms with E-state index in [4.69, 9.17) is 4.74 Å². The quantitative estimate of drug-likeness (QED) is 0.835. The number of phenols is 1. The van der Waals surface area contributed by atoms with Crippen LogP contribution in [0.3, 0.4) is 0 Å². The summed E-state index contributed by atoms with van der Waals surface area (Å²) in [4.78, 5) is 0. The van der Waals surface area contributed by atoms with Gasteiger partial charge in [0.2, 0.25) is 0 Å². The molecule has 0 fully saturated rings. The molecule has 0 amide bonds. The van der Waals surface area contributed by atoms with E-state index in [-0.39, 0.29) is 5.75 Å². The minimum atomic E-state index is 0.127. The van der Waals surface area contributed by atoms with Crippen molar-refractivity contribution < 1.29 is 9.84 Å². The van der Waals surface area contributed by atoms with E-state index in [1.165, 1.54) is 0 Å². The predicted octanol–water partition coefficient (Wildman–Crippen LogP) is 2.40. The lowest BCUT2D eigenvalue weighted by Crippen LogP contribution is -1.92. The van der Waals surface area contributed by atoms with Gasteiger partial charge >= 0.3 is 0 Å². The number of phenolic OH excluding ortho intramolecular Hbond substituents is 1. The zero-order chi connectivity index (χ0) is 10.7. The van der Waals surface area contributed by atoms with Gasteiger partial charge in [-0.2, -0.15) is 5.10 Å². The number of benzene rings is 1. The third kappa shape index (κ3) is 2.10. The average Bonchev–Trinajstić information content (AvgIpc) is 2.69. The number of nitrogens with zero attached hydrogens (tertiary/aromatic N) is 2. The van der Waals surface area contributed by atoms with Crippen LogP contribution >= 0.6 is 0 Å². The van der Waals surface area contributed by atoms with Crippen LogP contribution in [0.2, 0.25) is 0 Å². The van der Waals surface area contributed by atoms with Gasteiger partial charge < -0.3 is 9.84 Å². The Bertz CT molecular complexity index is 451. The smallest absolute Gasteiger partial charge is 0.169 e. The van der Waals surface area contributed by atoms with Crippen LogP contribution < -0.4 is 4.74 Å². The van der Waals surface area contributed by atoms with Crippen molar-refractivity contribution in [2.75, 3.05) is 0 Å². The van der Waals surface area contributed by atoms with Gasteiger partial charge in [0.15, 0.2) is 17.2 Å². The SMILES string of the molecule is CCn1cc(Oc2ccccc2O)cn1. The first-order chi connectivity index (χ1) is 7.29. The molecule has 2 rings (SSSR count). The maximum absolute atomic E-state index is 9.48. The number of rotatable bonds is 3. The van der Waals surface area contributed by atoms with Crippen molar-refractivity contribution in [1.82, 2.24) is 9.78 Å². The van der Waals surface area contributed by atoms with E-state index >= 15 is 0 Å². The van der Waals surface area contributed by atoms with Gasteiger partial charge in [0.25, 0.3) is 0 Å². The molecule has 0 spiro atoms. The molecule has 0 aliphatic heterocycles. The van der Waals surface area contributed by atoms with Gasteiger partial charge in [0.1, 0.15) is 0 Å². The topological polar surface area (TPSA) is 47.3 Å². The van der Waals surface area contributed by atoms with Crippen molar-refractivity contribution in [3.05, 3.63) is 36.7 Å². The standard InChI is InChI=1S/C11H12N2O2/c1-2-13-8-9(7-12-13)15-11-6-4-3-5-10(11)14/h3-8,14H,2H2,1H3. The van der Waals surface area contributed by atoms with Gasteiger partial charge in [0, 0.05) is 6.54 Å². The zero-order valence-corrected chi connectivity index (χ0v) is 8.42. The lowest BCUT2D eigenvalue weighted by molar-refractivity contribution is 0.411. The number of ether oxygens (including phenoxy) is 1. The van der Waals surface area contributed by atoms with E-state index in [1.807, 2.05) is 6.92 Å². The van der Waals surface area contributed by atoms with Crippen molar-refractivity contribution in [1.29, 1.82) is 0 Å². The molecule has 0 atom stereocenters. The fraction of sp³-hybridized carbons (Fsp3) is 0.182. The Labute approximate surface area is 87.7 Å². The molecular formula is C11H12N2O2. The Morgan fingerprint density at radius 1 is 1.40 bits per heavy atom. The molecule has 0 radical (unpaired) electrons. The van der Waals surface area contributed by atoms with Gasteiger partial charge in [0.05, 0.1) is 12.4 Å². The van der Waals surface area contributed by atoms with Crippen LogP contribution in [0.25, 0.3) is 0 Å². The lowest BCUT2D eigenvalue weighted by Gasteiger charge is -2.03. The number of aromatic nitrogens is 2. The van der Waals surface area contributed by atoms with Crippen LogP contribution in [-0.2, 0) is 6.54 Å². The molecule has 1 N–H and O–H groups in total. The van der Waals surface area contributed by atoms with Crippen molar-refractivity contribution >= 4 is 0 Å². The molecule has 1 aromatic heterocycles. The lowest BCUT2D eigenvalue weighted by atomic mass is 10.3. The molecule has 2 aromatic rings. The molecule has 0 saturated carbocycles. The van der Waals surface area contributed by atoms with E-state index in [2.05, 4.69) is 5.10 Å². The fourth-order valence-corrected chi connectivity index (χ4v) is 1.24. The third-order valence-corrected chi connectivity index (χ3v) is 2.03. The molecule has 1 aromatic carbocycles. The van der Waals surface area contributed by atoms with E-state index in [0.717, 1.165) is 6.54 Å². The Balaban J connectivity index is 2.18. The van der Waals surface area contributed by atoms with Crippen LogP contribution in [0.1, 0.15) is 6.92 Å². The van der Waals surface area contributed by atoms with E-state index in [1.54, 1.807) is 41.3 Å². The Morgan fingerprint density at radius 2 is 2.20 bits per heavy atom. The highest BCUT2D eigenvalue weighted by Gasteiger charge is 2.03. The number of para-hydroxylation sites is 2. The van der Waals surface area contributed by atoms with Gasteiger partial charge in [-0.25, -0.2) is 0 Å². The summed E-state index contributed by atoms with van der Waals surface area (Å²) in [5.74, 6) is 1.19. The maximum Gasteiger partial charge on any atom is 0.169 e. The first kappa shape index (κ1) is 9.58. The van der Waals surface area contributed by atoms with Gasteiger partial charge in [-0.05, 0) is 19.1 Å². The van der Waals surface area contributed by atoms with Gasteiger partial charge in [-0.1, -0.05) is 12.1 Å². The molecular weight excluding hydrogens is 192 g/mol. The average molecular weight is 204 g/mol. The molecule has 0 saturated heterocycles. The molecule has 1 heterocycles. The van der Waals surface area contributed by atoms with E-state index in [9.17, 15) is 5.11 Å². The second-order valence-electron chi connectivity index (χ2n) is 3.10. The summed E-state index contributed by atoms with van der Waals surface area (Å²) in [6.45, 7) is 2.79. The Kier molecular flexibility index (Phi) is 2.58. The van der Waals surface area contributed by atoms with Crippen molar-refractivity contribution in [2.45, 2.75) is 13.5 Å². The van der Waals surface area contributed by atoms with Crippen molar-refractivity contribution in [3.63, 3.8) is 0 Å². The largest absolute Gasteiger partial charge is 0.504 e. The summed E-state index contributed by atoms with van der Waals surface area (Å²) in [6, 6.07) is 6.84. The number of hydrogen-bond acceptors (Lipinski definition) is 3. The van der Waals surface area contributed by atoms with E-state index in [0.29, 0.717) is 11.5 Å². The van der Waals surface area contributed by atoms with Crippen LogP contribution in [0, 0.1) is 0 Å². The highest BCUT2D eigenvalue weighted by Crippen LogP contribution is 2.29. The van der Waals surface area contributed by atoms with Crippen molar-refractivity contribution in [3.8, 4) is 17.2 Å². The van der Waals surface area contributed by atoms with Crippen LogP contribution in [0.4, 0.5) is 0 Å². The summed E-state index contributed by atoms with van der Waals surface area (Å²) in [5.41, 5.74) is 0. The first-order valence-electron chi connectivity index (χ1n) is 4.78. The second kappa shape index (κ2) is 4.04. The van der Waals surface area contributed by atoms with E-state index < -0.39 is 0 Å². The summed E-state index contributed by atoms with van der Waals surface area (Å²) >= 11 is 0. The number of hydrogen-bond donors (Lipinski definition) is 1. The summed E-state index contributed by atoms with van der Waals surface area (Å²) in [7, 11) is 0. The summed E-state index contributed by atoms with van der Waals surface area (Å²) in [5, 5.41) is 13.6.